The van der Waals surface area contributed by atoms with Crippen LogP contribution >= 0.6 is 0 Å². The lowest BCUT2D eigenvalue weighted by Gasteiger charge is -2.45. The first kappa shape index (κ1) is 18.4. The molecule has 1 aliphatic rings. The molecule has 0 radical (unpaired) electrons. The molecule has 1 saturated heterocycles. The number of piperazine rings is 1. The van der Waals surface area contributed by atoms with E-state index in [2.05, 4.69) is 6.07 Å². The standard InChI is InChI=1S/C22H21N3O2/c1-22(14-16-9-5-4-6-10-16)21(27)24(2)19(20(26)25(22)3)13-17-11-7-8-12-18(17)15-23/h4-13H,14H2,1-3H3/b19-13-. The summed E-state index contributed by atoms with van der Waals surface area (Å²) in [5.74, 6) is -0.405. The molecule has 0 saturated carbocycles. The molecular formula is C22H21N3O2. The van der Waals surface area contributed by atoms with Crippen LogP contribution < -0.4 is 0 Å². The first-order valence-electron chi connectivity index (χ1n) is 8.69. The highest BCUT2D eigenvalue weighted by atomic mass is 16.2. The van der Waals surface area contributed by atoms with Crippen LogP contribution in [0.4, 0.5) is 0 Å². The fourth-order valence-corrected chi connectivity index (χ4v) is 3.37. The van der Waals surface area contributed by atoms with Crippen LogP contribution in [0, 0.1) is 11.3 Å². The predicted octanol–water partition coefficient (Wildman–Crippen LogP) is 2.83. The molecular weight excluding hydrogens is 338 g/mol. The van der Waals surface area contributed by atoms with Crippen LogP contribution in [0.3, 0.4) is 0 Å². The van der Waals surface area contributed by atoms with Crippen molar-refractivity contribution in [1.82, 2.24) is 9.80 Å². The zero-order chi connectivity index (χ0) is 19.6. The second-order valence-corrected chi connectivity index (χ2v) is 6.89. The van der Waals surface area contributed by atoms with Gasteiger partial charge in [-0.05, 0) is 30.2 Å². The molecule has 0 N–H and O–H groups in total. The molecule has 2 aromatic rings. The van der Waals surface area contributed by atoms with Gasteiger partial charge in [0.15, 0.2) is 0 Å². The Bertz CT molecular complexity index is 959. The number of rotatable bonds is 3. The van der Waals surface area contributed by atoms with E-state index >= 15 is 0 Å². The molecule has 1 heterocycles. The normalized spacial score (nSPS) is 21.5. The molecule has 3 rings (SSSR count). The third kappa shape index (κ3) is 3.22. The Balaban J connectivity index is 2.00. The van der Waals surface area contributed by atoms with Crippen LogP contribution in [0.2, 0.25) is 0 Å². The summed E-state index contributed by atoms with van der Waals surface area (Å²) in [4.78, 5) is 29.2. The quantitative estimate of drug-likeness (QED) is 0.792. The summed E-state index contributed by atoms with van der Waals surface area (Å²) in [5.41, 5.74) is 1.35. The fraction of sp³-hybridized carbons (Fsp3) is 0.227. The monoisotopic (exact) mass is 359 g/mol. The van der Waals surface area contributed by atoms with Gasteiger partial charge in [0.25, 0.3) is 11.8 Å². The van der Waals surface area contributed by atoms with Crippen molar-refractivity contribution in [3.63, 3.8) is 0 Å². The van der Waals surface area contributed by atoms with Crippen LogP contribution in [0.25, 0.3) is 6.08 Å². The molecule has 0 bridgehead atoms. The molecule has 0 aromatic heterocycles. The molecule has 27 heavy (non-hydrogen) atoms. The van der Waals surface area contributed by atoms with Gasteiger partial charge in [-0.1, -0.05) is 48.5 Å². The number of hydrogen-bond donors (Lipinski definition) is 0. The number of nitrogens with zero attached hydrogens (tertiary/aromatic N) is 3. The zero-order valence-corrected chi connectivity index (χ0v) is 15.6. The van der Waals surface area contributed by atoms with Crippen molar-refractivity contribution in [1.29, 1.82) is 5.26 Å². The van der Waals surface area contributed by atoms with Gasteiger partial charge in [0, 0.05) is 20.5 Å². The van der Waals surface area contributed by atoms with Gasteiger partial charge in [0.2, 0.25) is 0 Å². The van der Waals surface area contributed by atoms with Crippen LogP contribution in [0.15, 0.2) is 60.3 Å². The smallest absolute Gasteiger partial charge is 0.271 e. The summed E-state index contributed by atoms with van der Waals surface area (Å²) in [6.07, 6.45) is 2.04. The number of amides is 2. The lowest BCUT2D eigenvalue weighted by molar-refractivity contribution is -0.155. The lowest BCUT2D eigenvalue weighted by atomic mass is 9.87. The summed E-state index contributed by atoms with van der Waals surface area (Å²) in [5, 5.41) is 9.28. The SMILES string of the molecule is CN1C(=O)C(C)(Cc2ccccc2)N(C)C(=O)/C1=C/c1ccccc1C#N. The van der Waals surface area contributed by atoms with Crippen molar-refractivity contribution in [3.8, 4) is 6.07 Å². The minimum Gasteiger partial charge on any atom is -0.326 e. The minimum atomic E-state index is -0.973. The highest BCUT2D eigenvalue weighted by Crippen LogP contribution is 2.31. The molecule has 1 atom stereocenters. The molecule has 5 nitrogen and oxygen atoms in total. The summed E-state index contributed by atoms with van der Waals surface area (Å²) in [7, 11) is 3.26. The number of likely N-dealkylation sites (N-methyl/N-ethyl adjacent to an activating group) is 2. The van der Waals surface area contributed by atoms with Crippen LogP contribution in [0.1, 0.15) is 23.6 Å². The summed E-state index contributed by atoms with van der Waals surface area (Å²) in [6, 6.07) is 18.8. The van der Waals surface area contributed by atoms with Crippen molar-refractivity contribution in [2.75, 3.05) is 14.1 Å². The van der Waals surface area contributed by atoms with Crippen molar-refractivity contribution >= 4 is 17.9 Å². The molecule has 136 valence electrons. The van der Waals surface area contributed by atoms with Gasteiger partial charge in [0.05, 0.1) is 11.6 Å². The second-order valence-electron chi connectivity index (χ2n) is 6.89. The molecule has 2 aromatic carbocycles. The molecule has 5 heteroatoms. The average Bonchev–Trinajstić information content (AvgIpc) is 2.69. The summed E-state index contributed by atoms with van der Waals surface area (Å²) < 4.78 is 0. The van der Waals surface area contributed by atoms with Crippen molar-refractivity contribution in [2.24, 2.45) is 0 Å². The van der Waals surface area contributed by atoms with E-state index in [1.165, 1.54) is 9.80 Å². The Morgan fingerprint density at radius 3 is 2.33 bits per heavy atom. The van der Waals surface area contributed by atoms with Crippen molar-refractivity contribution < 1.29 is 9.59 Å². The lowest BCUT2D eigenvalue weighted by Crippen LogP contribution is -2.64. The Labute approximate surface area is 159 Å². The number of carbonyl (C=O) groups excluding carboxylic acids is 2. The van der Waals surface area contributed by atoms with E-state index in [4.69, 9.17) is 0 Å². The topological polar surface area (TPSA) is 64.4 Å². The van der Waals surface area contributed by atoms with Crippen molar-refractivity contribution in [3.05, 3.63) is 77.0 Å². The highest BCUT2D eigenvalue weighted by Gasteiger charge is 2.48. The third-order valence-electron chi connectivity index (χ3n) is 5.16. The number of benzene rings is 2. The van der Waals surface area contributed by atoms with Gasteiger partial charge < -0.3 is 9.80 Å². The van der Waals surface area contributed by atoms with E-state index in [0.29, 0.717) is 17.5 Å². The van der Waals surface area contributed by atoms with E-state index in [1.54, 1.807) is 51.4 Å². The number of hydrogen-bond acceptors (Lipinski definition) is 3. The Morgan fingerprint density at radius 1 is 1.04 bits per heavy atom. The summed E-state index contributed by atoms with van der Waals surface area (Å²) in [6.45, 7) is 1.79. The maximum Gasteiger partial charge on any atom is 0.271 e. The first-order valence-corrected chi connectivity index (χ1v) is 8.69. The zero-order valence-electron chi connectivity index (χ0n) is 15.6. The van der Waals surface area contributed by atoms with Crippen LogP contribution in [-0.4, -0.2) is 41.2 Å². The molecule has 2 amide bonds. The molecule has 1 aliphatic heterocycles. The molecule has 1 fully saturated rings. The molecule has 1 unspecified atom stereocenters. The van der Waals surface area contributed by atoms with E-state index in [9.17, 15) is 14.9 Å². The van der Waals surface area contributed by atoms with Gasteiger partial charge in [-0.2, -0.15) is 5.26 Å². The maximum atomic E-state index is 13.2. The van der Waals surface area contributed by atoms with Crippen molar-refractivity contribution in [2.45, 2.75) is 18.9 Å². The third-order valence-corrected chi connectivity index (χ3v) is 5.16. The van der Waals surface area contributed by atoms with E-state index in [1.807, 2.05) is 30.3 Å². The summed E-state index contributed by atoms with van der Waals surface area (Å²) >= 11 is 0. The minimum absolute atomic E-state index is 0.158. The molecule has 0 aliphatic carbocycles. The van der Waals surface area contributed by atoms with E-state index in [0.717, 1.165) is 5.56 Å². The van der Waals surface area contributed by atoms with Gasteiger partial charge in [-0.15, -0.1) is 0 Å². The number of carbonyl (C=O) groups is 2. The van der Waals surface area contributed by atoms with E-state index in [-0.39, 0.29) is 17.5 Å². The average molecular weight is 359 g/mol. The van der Waals surface area contributed by atoms with E-state index < -0.39 is 5.54 Å². The number of nitriles is 1. The van der Waals surface area contributed by atoms with Gasteiger partial charge in [0.1, 0.15) is 11.2 Å². The van der Waals surface area contributed by atoms with Gasteiger partial charge in [-0.3, -0.25) is 9.59 Å². The molecule has 0 spiro atoms. The fourth-order valence-electron chi connectivity index (χ4n) is 3.37. The van der Waals surface area contributed by atoms with Gasteiger partial charge in [-0.25, -0.2) is 0 Å². The Kier molecular flexibility index (Phi) is 4.83. The predicted molar refractivity (Wildman–Crippen MR) is 103 cm³/mol. The Hall–Kier alpha value is -3.39. The second kappa shape index (κ2) is 7.08. The highest BCUT2D eigenvalue weighted by molar-refractivity contribution is 6.08. The Morgan fingerprint density at radius 2 is 1.67 bits per heavy atom. The van der Waals surface area contributed by atoms with Crippen LogP contribution in [0.5, 0.6) is 0 Å². The van der Waals surface area contributed by atoms with Gasteiger partial charge >= 0.3 is 0 Å². The largest absolute Gasteiger partial charge is 0.326 e. The van der Waals surface area contributed by atoms with Crippen LogP contribution in [-0.2, 0) is 16.0 Å². The first-order chi connectivity index (χ1) is 12.9. The maximum absolute atomic E-state index is 13.2.